The zero-order valence-corrected chi connectivity index (χ0v) is 19.3. The Morgan fingerprint density at radius 3 is 2.68 bits per heavy atom. The molecule has 34 heavy (non-hydrogen) atoms. The SMILES string of the molecule is N#Cc1ccc(Cl)cc1NC(=O)COC(=O)c1cccc(S(=O)(=O)N2CCc3ccccc32)c1. The van der Waals surface area contributed by atoms with E-state index in [1.807, 2.05) is 18.2 Å². The maximum Gasteiger partial charge on any atom is 0.338 e. The number of rotatable bonds is 6. The summed E-state index contributed by atoms with van der Waals surface area (Å²) in [6.07, 6.45) is 0.604. The third-order valence-electron chi connectivity index (χ3n) is 5.21. The van der Waals surface area contributed by atoms with Crippen molar-refractivity contribution in [2.75, 3.05) is 22.8 Å². The predicted octanol–water partition coefficient (Wildman–Crippen LogP) is 3.76. The Labute approximate surface area is 201 Å². The molecule has 4 rings (SSSR count). The Hall–Kier alpha value is -3.87. The van der Waals surface area contributed by atoms with Crippen molar-refractivity contribution in [3.8, 4) is 6.07 Å². The van der Waals surface area contributed by atoms with Gasteiger partial charge in [-0.05, 0) is 54.4 Å². The molecule has 1 aliphatic heterocycles. The van der Waals surface area contributed by atoms with E-state index in [1.165, 1.54) is 46.8 Å². The lowest BCUT2D eigenvalue weighted by Crippen LogP contribution is -2.29. The van der Waals surface area contributed by atoms with Gasteiger partial charge in [0.1, 0.15) is 6.07 Å². The number of esters is 1. The van der Waals surface area contributed by atoms with Crippen LogP contribution < -0.4 is 9.62 Å². The summed E-state index contributed by atoms with van der Waals surface area (Å²) in [5.74, 6) is -1.54. The number of amides is 1. The molecule has 10 heteroatoms. The molecule has 0 fully saturated rings. The Morgan fingerprint density at radius 1 is 1.09 bits per heavy atom. The first-order chi connectivity index (χ1) is 16.3. The molecule has 1 N–H and O–H groups in total. The number of fused-ring (bicyclic) bond motifs is 1. The van der Waals surface area contributed by atoms with Gasteiger partial charge in [0.15, 0.2) is 6.61 Å². The van der Waals surface area contributed by atoms with Gasteiger partial charge in [-0.3, -0.25) is 9.10 Å². The summed E-state index contributed by atoms with van der Waals surface area (Å²) in [7, 11) is -3.89. The van der Waals surface area contributed by atoms with Gasteiger partial charge in [0.2, 0.25) is 0 Å². The topological polar surface area (TPSA) is 117 Å². The molecule has 1 amide bonds. The number of hydrogen-bond donors (Lipinski definition) is 1. The molecule has 1 aliphatic rings. The van der Waals surface area contributed by atoms with Crippen molar-refractivity contribution < 1.29 is 22.7 Å². The average molecular weight is 496 g/mol. The highest BCUT2D eigenvalue weighted by atomic mass is 35.5. The van der Waals surface area contributed by atoms with Crippen LogP contribution in [0.1, 0.15) is 21.5 Å². The fourth-order valence-electron chi connectivity index (χ4n) is 3.59. The monoisotopic (exact) mass is 495 g/mol. The van der Waals surface area contributed by atoms with Crippen LogP contribution in [-0.4, -0.2) is 33.4 Å². The lowest BCUT2D eigenvalue weighted by atomic mass is 10.2. The molecule has 0 bridgehead atoms. The fraction of sp³-hybridized carbons (Fsp3) is 0.125. The van der Waals surface area contributed by atoms with Crippen LogP contribution in [0.25, 0.3) is 0 Å². The molecular formula is C24H18ClN3O5S. The molecule has 0 unspecified atom stereocenters. The Balaban J connectivity index is 1.45. The normalized spacial score (nSPS) is 12.5. The molecule has 0 saturated heterocycles. The molecule has 1 heterocycles. The van der Waals surface area contributed by atoms with Gasteiger partial charge in [-0.1, -0.05) is 35.9 Å². The van der Waals surface area contributed by atoms with Crippen LogP contribution in [0, 0.1) is 11.3 Å². The number of carbonyl (C=O) groups is 2. The van der Waals surface area contributed by atoms with E-state index in [2.05, 4.69) is 5.32 Å². The fourth-order valence-corrected chi connectivity index (χ4v) is 5.31. The highest BCUT2D eigenvalue weighted by molar-refractivity contribution is 7.92. The smallest absolute Gasteiger partial charge is 0.338 e. The zero-order chi connectivity index (χ0) is 24.3. The molecular weight excluding hydrogens is 478 g/mol. The van der Waals surface area contributed by atoms with Gasteiger partial charge in [-0.2, -0.15) is 5.26 Å². The number of anilines is 2. The lowest BCUT2D eigenvalue weighted by Gasteiger charge is -2.19. The van der Waals surface area contributed by atoms with Crippen LogP contribution in [0.4, 0.5) is 11.4 Å². The first-order valence-electron chi connectivity index (χ1n) is 10.2. The van der Waals surface area contributed by atoms with Gasteiger partial charge >= 0.3 is 5.97 Å². The van der Waals surface area contributed by atoms with Crippen molar-refractivity contribution >= 4 is 44.9 Å². The van der Waals surface area contributed by atoms with E-state index >= 15 is 0 Å². The number of sulfonamides is 1. The third-order valence-corrected chi connectivity index (χ3v) is 7.26. The second-order valence-electron chi connectivity index (χ2n) is 7.41. The number of carbonyl (C=O) groups excluding carboxylic acids is 2. The van der Waals surface area contributed by atoms with Crippen molar-refractivity contribution in [1.29, 1.82) is 5.26 Å². The Kier molecular flexibility index (Phi) is 6.54. The van der Waals surface area contributed by atoms with Gasteiger partial charge in [0.05, 0.1) is 27.4 Å². The summed E-state index contributed by atoms with van der Waals surface area (Å²) < 4.78 is 32.8. The standard InChI is InChI=1S/C24H18ClN3O5S/c25-19-9-8-18(14-26)21(13-19)27-23(29)15-33-24(30)17-5-3-6-20(12-17)34(31,32)28-11-10-16-4-1-2-7-22(16)28/h1-9,12-13H,10-11,15H2,(H,27,29). The minimum Gasteiger partial charge on any atom is -0.452 e. The van der Waals surface area contributed by atoms with E-state index in [9.17, 15) is 18.0 Å². The van der Waals surface area contributed by atoms with Crippen molar-refractivity contribution in [2.45, 2.75) is 11.3 Å². The number of benzene rings is 3. The molecule has 0 aromatic heterocycles. The number of ether oxygens (including phenoxy) is 1. The molecule has 0 radical (unpaired) electrons. The number of nitriles is 1. The number of para-hydroxylation sites is 1. The molecule has 0 aliphatic carbocycles. The van der Waals surface area contributed by atoms with Gasteiger partial charge in [-0.25, -0.2) is 13.2 Å². The number of nitrogens with zero attached hydrogens (tertiary/aromatic N) is 2. The quantitative estimate of drug-likeness (QED) is 0.520. The maximum absolute atomic E-state index is 13.2. The first-order valence-corrected chi connectivity index (χ1v) is 12.0. The first kappa shape index (κ1) is 23.3. The van der Waals surface area contributed by atoms with Crippen LogP contribution >= 0.6 is 11.6 Å². The Bertz CT molecular complexity index is 1430. The van der Waals surface area contributed by atoms with Crippen LogP contribution in [0.15, 0.2) is 71.6 Å². The summed E-state index contributed by atoms with van der Waals surface area (Å²) in [6.45, 7) is -0.322. The summed E-state index contributed by atoms with van der Waals surface area (Å²) in [4.78, 5) is 24.6. The van der Waals surface area contributed by atoms with Crippen LogP contribution in [0.2, 0.25) is 5.02 Å². The van der Waals surface area contributed by atoms with Crippen molar-refractivity contribution in [2.24, 2.45) is 0 Å². The maximum atomic E-state index is 13.2. The second-order valence-corrected chi connectivity index (χ2v) is 9.71. The molecule has 0 atom stereocenters. The number of nitrogens with one attached hydrogen (secondary N) is 1. The van der Waals surface area contributed by atoms with Gasteiger partial charge in [0.25, 0.3) is 15.9 Å². The van der Waals surface area contributed by atoms with Crippen LogP contribution in [0.3, 0.4) is 0 Å². The van der Waals surface area contributed by atoms with Gasteiger partial charge in [-0.15, -0.1) is 0 Å². The van der Waals surface area contributed by atoms with Gasteiger partial charge < -0.3 is 10.1 Å². The number of hydrogen-bond acceptors (Lipinski definition) is 6. The van der Waals surface area contributed by atoms with Crippen LogP contribution in [-0.2, 0) is 26.0 Å². The highest BCUT2D eigenvalue weighted by Gasteiger charge is 2.31. The largest absolute Gasteiger partial charge is 0.452 e. The third kappa shape index (κ3) is 4.73. The van der Waals surface area contributed by atoms with E-state index in [4.69, 9.17) is 21.6 Å². The van der Waals surface area contributed by atoms with E-state index in [-0.39, 0.29) is 21.7 Å². The summed E-state index contributed by atoms with van der Waals surface area (Å²) >= 11 is 5.89. The van der Waals surface area contributed by atoms with Crippen LogP contribution in [0.5, 0.6) is 0 Å². The van der Waals surface area contributed by atoms with E-state index < -0.39 is 28.5 Å². The number of halogens is 1. The lowest BCUT2D eigenvalue weighted by molar-refractivity contribution is -0.119. The average Bonchev–Trinajstić information content (AvgIpc) is 3.28. The summed E-state index contributed by atoms with van der Waals surface area (Å²) in [5, 5.41) is 11.9. The molecule has 172 valence electrons. The predicted molar refractivity (Wildman–Crippen MR) is 126 cm³/mol. The minimum atomic E-state index is -3.89. The molecule has 8 nitrogen and oxygen atoms in total. The van der Waals surface area contributed by atoms with E-state index in [1.54, 1.807) is 12.1 Å². The molecule has 0 saturated carbocycles. The molecule has 3 aromatic rings. The second kappa shape index (κ2) is 9.55. The summed E-state index contributed by atoms with van der Waals surface area (Å²) in [6, 6.07) is 19.0. The van der Waals surface area contributed by atoms with Crippen molar-refractivity contribution in [3.63, 3.8) is 0 Å². The molecule has 3 aromatic carbocycles. The van der Waals surface area contributed by atoms with Crippen molar-refractivity contribution in [3.05, 3.63) is 88.4 Å². The van der Waals surface area contributed by atoms with Crippen molar-refractivity contribution in [1.82, 2.24) is 0 Å². The zero-order valence-electron chi connectivity index (χ0n) is 17.7. The van der Waals surface area contributed by atoms with Gasteiger partial charge in [0, 0.05) is 11.6 Å². The summed E-state index contributed by atoms with van der Waals surface area (Å²) in [5.41, 5.74) is 1.93. The van der Waals surface area contributed by atoms with E-state index in [0.717, 1.165) is 5.56 Å². The Morgan fingerprint density at radius 2 is 1.88 bits per heavy atom. The highest BCUT2D eigenvalue weighted by Crippen LogP contribution is 2.32. The molecule has 0 spiro atoms. The minimum absolute atomic E-state index is 0.0122. The van der Waals surface area contributed by atoms with E-state index in [0.29, 0.717) is 23.7 Å².